The Kier molecular flexibility index (Phi) is 3.83. The van der Waals surface area contributed by atoms with Gasteiger partial charge in [-0.25, -0.2) is 8.42 Å². The van der Waals surface area contributed by atoms with Crippen LogP contribution in [0.2, 0.25) is 0 Å². The minimum Gasteiger partial charge on any atom is -0.480 e. The van der Waals surface area contributed by atoms with Crippen LogP contribution in [0, 0.1) is 13.8 Å². The van der Waals surface area contributed by atoms with E-state index in [9.17, 15) is 18.3 Å². The van der Waals surface area contributed by atoms with Crippen LogP contribution in [0.3, 0.4) is 0 Å². The zero-order valence-corrected chi connectivity index (χ0v) is 12.4. The number of aryl methyl sites for hydroxylation is 3. The second-order valence-corrected chi connectivity index (χ2v) is 6.14. The molecule has 0 aliphatic rings. The lowest BCUT2D eigenvalue weighted by atomic mass is 10.2. The molecule has 0 radical (unpaired) electrons. The summed E-state index contributed by atoms with van der Waals surface area (Å²) in [5.41, 5.74) is 0.385. The van der Waals surface area contributed by atoms with E-state index in [1.54, 1.807) is 7.05 Å². The standard InChI is InChI=1S/C11H14N4O5S/c1-6-10(7(2)20-13-6)21(18,19)14-9(11(16)17)8-4-12-15(3)5-8/h4-5,9,14H,1-3H3,(H,16,17). The van der Waals surface area contributed by atoms with Gasteiger partial charge in [0, 0.05) is 18.8 Å². The first-order valence-corrected chi connectivity index (χ1v) is 7.37. The minimum absolute atomic E-state index is 0.0929. The van der Waals surface area contributed by atoms with Crippen molar-refractivity contribution in [2.75, 3.05) is 0 Å². The Morgan fingerprint density at radius 2 is 2.14 bits per heavy atom. The second kappa shape index (κ2) is 5.30. The van der Waals surface area contributed by atoms with E-state index < -0.39 is 22.0 Å². The zero-order chi connectivity index (χ0) is 15.8. The highest BCUT2D eigenvalue weighted by molar-refractivity contribution is 7.89. The van der Waals surface area contributed by atoms with E-state index in [0.29, 0.717) is 0 Å². The molecule has 2 N–H and O–H groups in total. The highest BCUT2D eigenvalue weighted by Crippen LogP contribution is 2.22. The molecular weight excluding hydrogens is 300 g/mol. The van der Waals surface area contributed by atoms with Gasteiger partial charge in [-0.2, -0.15) is 9.82 Å². The summed E-state index contributed by atoms with van der Waals surface area (Å²) < 4.78 is 33.0. The third-order valence-corrected chi connectivity index (χ3v) is 4.48. The summed E-state index contributed by atoms with van der Waals surface area (Å²) >= 11 is 0. The van der Waals surface area contributed by atoms with Gasteiger partial charge in [-0.05, 0) is 13.8 Å². The molecule has 114 valence electrons. The van der Waals surface area contributed by atoms with Crippen LogP contribution in [0.1, 0.15) is 23.1 Å². The van der Waals surface area contributed by atoms with Crippen molar-refractivity contribution < 1.29 is 22.8 Å². The van der Waals surface area contributed by atoms with Gasteiger partial charge in [0.25, 0.3) is 0 Å². The Balaban J connectivity index is 2.39. The van der Waals surface area contributed by atoms with Gasteiger partial charge in [0.05, 0.1) is 6.20 Å². The number of carboxylic acid groups (broad SMARTS) is 1. The molecule has 0 aliphatic heterocycles. The Hall–Kier alpha value is -2.20. The summed E-state index contributed by atoms with van der Waals surface area (Å²) in [6, 6.07) is -1.45. The third kappa shape index (κ3) is 2.95. The molecule has 2 aromatic rings. The molecule has 21 heavy (non-hydrogen) atoms. The number of carboxylic acids is 1. The highest BCUT2D eigenvalue weighted by atomic mass is 32.2. The van der Waals surface area contributed by atoms with Gasteiger partial charge in [-0.1, -0.05) is 5.16 Å². The monoisotopic (exact) mass is 314 g/mol. The fraction of sp³-hybridized carbons (Fsp3) is 0.364. The first kappa shape index (κ1) is 15.2. The van der Waals surface area contributed by atoms with Crippen molar-refractivity contribution in [2.45, 2.75) is 24.8 Å². The molecule has 0 bridgehead atoms. The van der Waals surface area contributed by atoms with Gasteiger partial charge in [0.2, 0.25) is 10.0 Å². The van der Waals surface area contributed by atoms with Gasteiger partial charge in [-0.15, -0.1) is 0 Å². The maximum atomic E-state index is 12.3. The number of nitrogens with one attached hydrogen (secondary N) is 1. The normalized spacial score (nSPS) is 13.3. The summed E-state index contributed by atoms with van der Waals surface area (Å²) in [5, 5.41) is 16.6. The van der Waals surface area contributed by atoms with E-state index in [0.717, 1.165) is 0 Å². The van der Waals surface area contributed by atoms with Crippen LogP contribution in [0.4, 0.5) is 0 Å². The molecule has 9 nitrogen and oxygen atoms in total. The van der Waals surface area contributed by atoms with Crippen molar-refractivity contribution >= 4 is 16.0 Å². The van der Waals surface area contributed by atoms with Crippen LogP contribution >= 0.6 is 0 Å². The minimum atomic E-state index is -4.09. The number of aromatic nitrogens is 3. The first-order valence-electron chi connectivity index (χ1n) is 5.89. The third-order valence-electron chi connectivity index (χ3n) is 2.81. The van der Waals surface area contributed by atoms with Crippen LogP contribution in [0.15, 0.2) is 21.8 Å². The van der Waals surface area contributed by atoms with E-state index in [2.05, 4.69) is 15.0 Å². The molecule has 0 saturated heterocycles. The van der Waals surface area contributed by atoms with Gasteiger partial charge in [0.1, 0.15) is 16.6 Å². The van der Waals surface area contributed by atoms with Crippen LogP contribution in [0.25, 0.3) is 0 Å². The molecule has 2 heterocycles. The molecule has 0 aliphatic carbocycles. The Bertz CT molecular complexity index is 757. The summed E-state index contributed by atoms with van der Waals surface area (Å²) in [7, 11) is -2.48. The van der Waals surface area contributed by atoms with Crippen molar-refractivity contribution in [1.82, 2.24) is 19.7 Å². The van der Waals surface area contributed by atoms with Crippen LogP contribution in [0.5, 0.6) is 0 Å². The highest BCUT2D eigenvalue weighted by Gasteiger charge is 2.31. The summed E-state index contributed by atoms with van der Waals surface area (Å²) in [5.74, 6) is -1.24. The molecule has 0 fully saturated rings. The largest absolute Gasteiger partial charge is 0.480 e. The summed E-state index contributed by atoms with van der Waals surface area (Å²) in [6.07, 6.45) is 2.71. The van der Waals surface area contributed by atoms with Crippen molar-refractivity contribution in [3.8, 4) is 0 Å². The van der Waals surface area contributed by atoms with Gasteiger partial charge in [0.15, 0.2) is 5.76 Å². The molecule has 0 aromatic carbocycles. The van der Waals surface area contributed by atoms with Crippen LogP contribution in [-0.2, 0) is 21.9 Å². The maximum Gasteiger partial charge on any atom is 0.326 e. The van der Waals surface area contributed by atoms with E-state index in [4.69, 9.17) is 4.52 Å². The SMILES string of the molecule is Cc1noc(C)c1S(=O)(=O)NC(C(=O)O)c1cnn(C)c1. The number of carbonyl (C=O) groups is 1. The fourth-order valence-electron chi connectivity index (χ4n) is 1.92. The number of aliphatic carboxylic acids is 1. The van der Waals surface area contributed by atoms with Gasteiger partial charge < -0.3 is 9.63 Å². The predicted octanol–water partition coefficient (Wildman–Crippen LogP) is 0.129. The van der Waals surface area contributed by atoms with Crippen LogP contribution in [-0.4, -0.2) is 34.4 Å². The quantitative estimate of drug-likeness (QED) is 0.802. The van der Waals surface area contributed by atoms with Crippen molar-refractivity contribution in [3.05, 3.63) is 29.4 Å². The van der Waals surface area contributed by atoms with E-state index in [-0.39, 0.29) is 21.9 Å². The number of hydrogen-bond donors (Lipinski definition) is 2. The number of hydrogen-bond acceptors (Lipinski definition) is 6. The van der Waals surface area contributed by atoms with Crippen molar-refractivity contribution in [3.63, 3.8) is 0 Å². The average molecular weight is 314 g/mol. The summed E-state index contributed by atoms with van der Waals surface area (Å²) in [6.45, 7) is 2.90. The maximum absolute atomic E-state index is 12.3. The van der Waals surface area contributed by atoms with Crippen molar-refractivity contribution in [1.29, 1.82) is 0 Å². The molecule has 1 unspecified atom stereocenters. The topological polar surface area (TPSA) is 127 Å². The first-order chi connectivity index (χ1) is 9.72. The molecule has 10 heteroatoms. The molecule has 0 amide bonds. The number of rotatable bonds is 5. The van der Waals surface area contributed by atoms with E-state index in [1.165, 1.54) is 30.9 Å². The van der Waals surface area contributed by atoms with E-state index >= 15 is 0 Å². The zero-order valence-electron chi connectivity index (χ0n) is 11.6. The predicted molar refractivity (Wildman–Crippen MR) is 69.9 cm³/mol. The Morgan fingerprint density at radius 3 is 2.57 bits per heavy atom. The molecule has 0 spiro atoms. The lowest BCUT2D eigenvalue weighted by Crippen LogP contribution is -2.34. The summed E-state index contributed by atoms with van der Waals surface area (Å²) in [4.78, 5) is 11.2. The molecular formula is C11H14N4O5S. The Morgan fingerprint density at radius 1 is 1.48 bits per heavy atom. The second-order valence-electron chi connectivity index (χ2n) is 4.49. The van der Waals surface area contributed by atoms with Gasteiger partial charge in [-0.3, -0.25) is 9.48 Å². The lowest BCUT2D eigenvalue weighted by Gasteiger charge is -2.13. The molecule has 0 saturated carbocycles. The molecule has 2 aromatic heterocycles. The average Bonchev–Trinajstić information content (AvgIpc) is 2.93. The number of nitrogens with zero attached hydrogens (tertiary/aromatic N) is 3. The van der Waals surface area contributed by atoms with Crippen LogP contribution < -0.4 is 4.72 Å². The Labute approximate surface area is 120 Å². The van der Waals surface area contributed by atoms with Crippen molar-refractivity contribution in [2.24, 2.45) is 7.05 Å². The lowest BCUT2D eigenvalue weighted by molar-refractivity contribution is -0.139. The molecule has 2 rings (SSSR count). The fourth-order valence-corrected chi connectivity index (χ4v) is 3.43. The van der Waals surface area contributed by atoms with Gasteiger partial charge >= 0.3 is 5.97 Å². The van der Waals surface area contributed by atoms with E-state index in [1.807, 2.05) is 0 Å². The smallest absolute Gasteiger partial charge is 0.326 e. The molecule has 1 atom stereocenters. The number of sulfonamides is 1.